The van der Waals surface area contributed by atoms with Gasteiger partial charge in [-0.25, -0.2) is 14.0 Å². The van der Waals surface area contributed by atoms with Gasteiger partial charge in [-0.05, 0) is 31.2 Å². The second kappa shape index (κ2) is 8.96. The summed E-state index contributed by atoms with van der Waals surface area (Å²) in [5.74, 6) is -3.22. The van der Waals surface area contributed by atoms with Crippen LogP contribution in [0.4, 0.5) is 10.1 Å². The van der Waals surface area contributed by atoms with Gasteiger partial charge in [0.15, 0.2) is 6.61 Å². The van der Waals surface area contributed by atoms with Gasteiger partial charge < -0.3 is 14.8 Å². The zero-order valence-electron chi connectivity index (χ0n) is 13.8. The minimum Gasteiger partial charge on any atom is -0.462 e. The van der Waals surface area contributed by atoms with E-state index in [1.54, 1.807) is 19.1 Å². The number of rotatable bonds is 6. The quantitative estimate of drug-likeness (QED) is 0.777. The fourth-order valence-corrected chi connectivity index (χ4v) is 2.30. The summed E-state index contributed by atoms with van der Waals surface area (Å²) in [6, 6.07) is 9.94. The summed E-state index contributed by atoms with van der Waals surface area (Å²) in [7, 11) is 0. The molecule has 0 unspecified atom stereocenters. The minimum absolute atomic E-state index is 0.122. The summed E-state index contributed by atoms with van der Waals surface area (Å²) in [6.45, 7) is 1.16. The van der Waals surface area contributed by atoms with Gasteiger partial charge in [0.25, 0.3) is 5.91 Å². The molecule has 2 aromatic carbocycles. The van der Waals surface area contributed by atoms with Gasteiger partial charge in [0.2, 0.25) is 0 Å². The summed E-state index contributed by atoms with van der Waals surface area (Å²) in [5.41, 5.74) is -0.0870. The molecule has 0 aromatic heterocycles. The van der Waals surface area contributed by atoms with Crippen molar-refractivity contribution < 1.29 is 28.2 Å². The molecule has 0 heterocycles. The van der Waals surface area contributed by atoms with E-state index < -0.39 is 35.8 Å². The Bertz CT molecular complexity index is 820. The van der Waals surface area contributed by atoms with Crippen molar-refractivity contribution >= 4 is 35.1 Å². The van der Waals surface area contributed by atoms with E-state index in [9.17, 15) is 18.8 Å². The van der Waals surface area contributed by atoms with Gasteiger partial charge in [-0.15, -0.1) is 0 Å². The SMILES string of the molecule is CCOC(=O)c1ccccc1NC(=O)COC(=O)c1c(F)cccc1Cl. The van der Waals surface area contributed by atoms with Crippen molar-refractivity contribution in [1.29, 1.82) is 0 Å². The molecule has 0 atom stereocenters. The zero-order chi connectivity index (χ0) is 19.1. The Hall–Kier alpha value is -2.93. The summed E-state index contributed by atoms with van der Waals surface area (Å²) < 4.78 is 23.3. The Labute approximate surface area is 153 Å². The molecule has 0 aliphatic heterocycles. The van der Waals surface area contributed by atoms with E-state index in [0.29, 0.717) is 0 Å². The maximum Gasteiger partial charge on any atom is 0.343 e. The van der Waals surface area contributed by atoms with Crippen LogP contribution in [0.5, 0.6) is 0 Å². The topological polar surface area (TPSA) is 81.7 Å². The highest BCUT2D eigenvalue weighted by atomic mass is 35.5. The molecule has 2 rings (SSSR count). The highest BCUT2D eigenvalue weighted by Gasteiger charge is 2.19. The Kier molecular flexibility index (Phi) is 6.68. The summed E-state index contributed by atoms with van der Waals surface area (Å²) in [6.07, 6.45) is 0. The van der Waals surface area contributed by atoms with Crippen molar-refractivity contribution in [3.05, 3.63) is 64.4 Å². The molecule has 0 aliphatic rings. The van der Waals surface area contributed by atoms with Crippen LogP contribution in [0, 0.1) is 5.82 Å². The van der Waals surface area contributed by atoms with Crippen molar-refractivity contribution in [3.8, 4) is 0 Å². The van der Waals surface area contributed by atoms with Gasteiger partial charge in [-0.2, -0.15) is 0 Å². The average Bonchev–Trinajstić information content (AvgIpc) is 2.60. The number of amides is 1. The van der Waals surface area contributed by atoms with Crippen molar-refractivity contribution in [2.75, 3.05) is 18.5 Å². The third kappa shape index (κ3) is 4.80. The second-order valence-electron chi connectivity index (χ2n) is 4.99. The molecule has 0 saturated carbocycles. The first-order chi connectivity index (χ1) is 12.4. The molecule has 1 amide bonds. The number of anilines is 1. The van der Waals surface area contributed by atoms with Crippen LogP contribution < -0.4 is 5.32 Å². The number of hydrogen-bond donors (Lipinski definition) is 1. The highest BCUT2D eigenvalue weighted by Crippen LogP contribution is 2.20. The highest BCUT2D eigenvalue weighted by molar-refractivity contribution is 6.33. The van der Waals surface area contributed by atoms with Crippen molar-refractivity contribution in [3.63, 3.8) is 0 Å². The van der Waals surface area contributed by atoms with Crippen LogP contribution in [0.2, 0.25) is 5.02 Å². The van der Waals surface area contributed by atoms with Gasteiger partial charge in [0, 0.05) is 0 Å². The average molecular weight is 380 g/mol. The molecule has 0 saturated heterocycles. The lowest BCUT2D eigenvalue weighted by molar-refractivity contribution is -0.119. The molecule has 0 radical (unpaired) electrons. The molecular weight excluding hydrogens is 365 g/mol. The first-order valence-corrected chi connectivity index (χ1v) is 7.99. The molecule has 8 heteroatoms. The van der Waals surface area contributed by atoms with Crippen LogP contribution in [0.3, 0.4) is 0 Å². The van der Waals surface area contributed by atoms with Crippen LogP contribution in [0.25, 0.3) is 0 Å². The lowest BCUT2D eigenvalue weighted by Crippen LogP contribution is -2.23. The molecule has 6 nitrogen and oxygen atoms in total. The van der Waals surface area contributed by atoms with Crippen LogP contribution in [-0.4, -0.2) is 31.1 Å². The van der Waals surface area contributed by atoms with E-state index in [0.717, 1.165) is 6.07 Å². The molecule has 0 spiro atoms. The van der Waals surface area contributed by atoms with Crippen LogP contribution in [0.15, 0.2) is 42.5 Å². The van der Waals surface area contributed by atoms with Gasteiger partial charge in [-0.3, -0.25) is 4.79 Å². The summed E-state index contributed by atoms with van der Waals surface area (Å²) >= 11 is 5.76. The number of para-hydroxylation sites is 1. The summed E-state index contributed by atoms with van der Waals surface area (Å²) in [4.78, 5) is 35.7. The van der Waals surface area contributed by atoms with Crippen molar-refractivity contribution in [2.45, 2.75) is 6.92 Å². The molecular formula is C18H15ClFNO5. The van der Waals surface area contributed by atoms with E-state index >= 15 is 0 Å². The Morgan fingerprint density at radius 1 is 1.04 bits per heavy atom. The lowest BCUT2D eigenvalue weighted by atomic mass is 10.2. The number of ether oxygens (including phenoxy) is 2. The number of esters is 2. The monoisotopic (exact) mass is 379 g/mol. The van der Waals surface area contributed by atoms with E-state index in [1.165, 1.54) is 24.3 Å². The predicted octanol–water partition coefficient (Wildman–Crippen LogP) is 3.45. The van der Waals surface area contributed by atoms with E-state index in [-0.39, 0.29) is 22.9 Å². The molecule has 0 bridgehead atoms. The fraction of sp³-hybridized carbons (Fsp3) is 0.167. The molecule has 136 valence electrons. The van der Waals surface area contributed by atoms with Crippen LogP contribution in [-0.2, 0) is 14.3 Å². The molecule has 0 aliphatic carbocycles. The number of benzene rings is 2. The molecule has 26 heavy (non-hydrogen) atoms. The smallest absolute Gasteiger partial charge is 0.343 e. The zero-order valence-corrected chi connectivity index (χ0v) is 14.5. The Morgan fingerprint density at radius 3 is 2.46 bits per heavy atom. The molecule has 2 aromatic rings. The second-order valence-corrected chi connectivity index (χ2v) is 5.39. The number of hydrogen-bond acceptors (Lipinski definition) is 5. The number of carbonyl (C=O) groups is 3. The van der Waals surface area contributed by atoms with Crippen LogP contribution >= 0.6 is 11.6 Å². The maximum absolute atomic E-state index is 13.6. The Morgan fingerprint density at radius 2 is 1.77 bits per heavy atom. The minimum atomic E-state index is -1.07. The van der Waals surface area contributed by atoms with Gasteiger partial charge in [-0.1, -0.05) is 29.8 Å². The number of nitrogens with one attached hydrogen (secondary N) is 1. The predicted molar refractivity (Wildman–Crippen MR) is 92.7 cm³/mol. The third-order valence-corrected chi connectivity index (χ3v) is 3.51. The first kappa shape index (κ1) is 19.4. The van der Waals surface area contributed by atoms with E-state index in [4.69, 9.17) is 21.1 Å². The third-order valence-electron chi connectivity index (χ3n) is 3.20. The first-order valence-electron chi connectivity index (χ1n) is 7.61. The largest absolute Gasteiger partial charge is 0.462 e. The number of halogens is 2. The normalized spacial score (nSPS) is 10.1. The molecule has 1 N–H and O–H groups in total. The standard InChI is InChI=1S/C18H15ClFNO5/c1-2-25-17(23)11-6-3-4-9-14(11)21-15(22)10-26-18(24)16-12(19)7-5-8-13(16)20/h3-9H,2,10H2,1H3,(H,21,22). The van der Waals surface area contributed by atoms with E-state index in [2.05, 4.69) is 5.32 Å². The van der Waals surface area contributed by atoms with E-state index in [1.807, 2.05) is 0 Å². The van der Waals surface area contributed by atoms with Gasteiger partial charge in [0.1, 0.15) is 11.4 Å². The lowest BCUT2D eigenvalue weighted by Gasteiger charge is -2.11. The van der Waals surface area contributed by atoms with Crippen molar-refractivity contribution in [1.82, 2.24) is 0 Å². The number of carbonyl (C=O) groups excluding carboxylic acids is 3. The fourth-order valence-electron chi connectivity index (χ4n) is 2.06. The molecule has 0 fully saturated rings. The van der Waals surface area contributed by atoms with Gasteiger partial charge in [0.05, 0.1) is 22.9 Å². The van der Waals surface area contributed by atoms with Gasteiger partial charge >= 0.3 is 11.9 Å². The Balaban J connectivity index is 2.02. The summed E-state index contributed by atoms with van der Waals surface area (Å²) in [5, 5.41) is 2.32. The van der Waals surface area contributed by atoms with Crippen LogP contribution in [0.1, 0.15) is 27.6 Å². The van der Waals surface area contributed by atoms with Crippen molar-refractivity contribution in [2.24, 2.45) is 0 Å². The maximum atomic E-state index is 13.6.